The Morgan fingerprint density at radius 1 is 0.950 bits per heavy atom. The van der Waals surface area contributed by atoms with Crippen LogP contribution in [0, 0.1) is 5.82 Å². The van der Waals surface area contributed by atoms with E-state index in [1.54, 1.807) is 6.07 Å². The van der Waals surface area contributed by atoms with Crippen molar-refractivity contribution in [3.8, 4) is 11.5 Å². The van der Waals surface area contributed by atoms with Crippen molar-refractivity contribution >= 4 is 0 Å². The largest absolute Gasteiger partial charge is 0.505 e. The predicted octanol–water partition coefficient (Wildman–Crippen LogP) is 5.44. The fourth-order valence-electron chi connectivity index (χ4n) is 2.18. The molecule has 0 bridgehead atoms. The number of phenols is 1. The second kappa shape index (κ2) is 10.5. The van der Waals surface area contributed by atoms with E-state index in [9.17, 15) is 4.39 Å². The fraction of sp³-hybridized carbons (Fsp3) is 0.647. The SMILES string of the molecule is CCCCCCCCCCCOc1ccc(O)c(F)c1. The summed E-state index contributed by atoms with van der Waals surface area (Å²) in [4.78, 5) is 0. The van der Waals surface area contributed by atoms with Crippen LogP contribution in [0.4, 0.5) is 4.39 Å². The maximum Gasteiger partial charge on any atom is 0.168 e. The van der Waals surface area contributed by atoms with E-state index in [1.165, 1.54) is 57.1 Å². The summed E-state index contributed by atoms with van der Waals surface area (Å²) in [6.45, 7) is 2.85. The van der Waals surface area contributed by atoms with Crippen molar-refractivity contribution in [3.63, 3.8) is 0 Å². The smallest absolute Gasteiger partial charge is 0.168 e. The van der Waals surface area contributed by atoms with E-state index in [1.807, 2.05) is 0 Å². The van der Waals surface area contributed by atoms with Crippen LogP contribution in [-0.2, 0) is 0 Å². The highest BCUT2D eigenvalue weighted by Gasteiger charge is 2.02. The van der Waals surface area contributed by atoms with Gasteiger partial charge >= 0.3 is 0 Å². The Bertz CT molecular complexity index is 366. The van der Waals surface area contributed by atoms with Crippen molar-refractivity contribution in [2.24, 2.45) is 0 Å². The minimum atomic E-state index is -0.630. The number of phenolic OH excluding ortho intramolecular Hbond substituents is 1. The molecule has 0 fully saturated rings. The molecule has 1 aromatic carbocycles. The Balaban J connectivity index is 1.95. The number of aromatic hydroxyl groups is 1. The van der Waals surface area contributed by atoms with E-state index in [2.05, 4.69) is 6.92 Å². The standard InChI is InChI=1S/C17H27FO2/c1-2-3-4-5-6-7-8-9-10-13-20-15-11-12-17(19)16(18)14-15/h11-12,14,19H,2-10,13H2,1H3. The Morgan fingerprint density at radius 3 is 2.15 bits per heavy atom. The molecule has 2 nitrogen and oxygen atoms in total. The number of benzene rings is 1. The Hall–Kier alpha value is -1.25. The van der Waals surface area contributed by atoms with Crippen LogP contribution in [0.5, 0.6) is 11.5 Å². The minimum Gasteiger partial charge on any atom is -0.505 e. The van der Waals surface area contributed by atoms with Crippen molar-refractivity contribution < 1.29 is 14.2 Å². The molecule has 0 aromatic heterocycles. The van der Waals surface area contributed by atoms with Gasteiger partial charge in [-0.05, 0) is 18.6 Å². The molecule has 0 aliphatic heterocycles. The summed E-state index contributed by atoms with van der Waals surface area (Å²) in [7, 11) is 0. The molecule has 1 N–H and O–H groups in total. The topological polar surface area (TPSA) is 29.5 Å². The number of hydrogen-bond donors (Lipinski definition) is 1. The molecule has 1 rings (SSSR count). The maximum absolute atomic E-state index is 13.1. The van der Waals surface area contributed by atoms with E-state index >= 15 is 0 Å². The van der Waals surface area contributed by atoms with Crippen LogP contribution in [0.15, 0.2) is 18.2 Å². The highest BCUT2D eigenvalue weighted by Crippen LogP contribution is 2.21. The Labute approximate surface area is 122 Å². The zero-order valence-corrected chi connectivity index (χ0v) is 12.5. The number of rotatable bonds is 11. The van der Waals surface area contributed by atoms with Crippen molar-refractivity contribution in [1.82, 2.24) is 0 Å². The van der Waals surface area contributed by atoms with E-state index < -0.39 is 5.82 Å². The van der Waals surface area contributed by atoms with Gasteiger partial charge in [0.2, 0.25) is 0 Å². The van der Waals surface area contributed by atoms with Gasteiger partial charge < -0.3 is 9.84 Å². The molecule has 0 amide bonds. The Morgan fingerprint density at radius 2 is 1.55 bits per heavy atom. The van der Waals surface area contributed by atoms with Gasteiger partial charge in [0.1, 0.15) is 5.75 Å². The molecule has 0 atom stereocenters. The minimum absolute atomic E-state index is 0.333. The molecule has 0 radical (unpaired) electrons. The monoisotopic (exact) mass is 282 g/mol. The van der Waals surface area contributed by atoms with Gasteiger partial charge in [0, 0.05) is 6.07 Å². The maximum atomic E-state index is 13.1. The van der Waals surface area contributed by atoms with E-state index in [0.717, 1.165) is 12.8 Å². The molecule has 0 aliphatic carbocycles. The van der Waals surface area contributed by atoms with Gasteiger partial charge in [0.15, 0.2) is 11.6 Å². The molecule has 0 saturated heterocycles. The summed E-state index contributed by atoms with van der Waals surface area (Å²) in [6, 6.07) is 4.14. The molecular formula is C17H27FO2. The fourth-order valence-corrected chi connectivity index (χ4v) is 2.18. The first-order valence-corrected chi connectivity index (χ1v) is 7.85. The zero-order valence-electron chi connectivity index (χ0n) is 12.5. The predicted molar refractivity (Wildman–Crippen MR) is 80.8 cm³/mol. The first-order chi connectivity index (χ1) is 9.74. The van der Waals surface area contributed by atoms with Crippen LogP contribution in [0.2, 0.25) is 0 Å². The third-order valence-corrected chi connectivity index (χ3v) is 3.44. The molecular weight excluding hydrogens is 255 g/mol. The van der Waals surface area contributed by atoms with E-state index in [-0.39, 0.29) is 5.75 Å². The number of ether oxygens (including phenoxy) is 1. The van der Waals surface area contributed by atoms with Crippen molar-refractivity contribution in [2.75, 3.05) is 6.61 Å². The van der Waals surface area contributed by atoms with Gasteiger partial charge in [-0.15, -0.1) is 0 Å². The summed E-state index contributed by atoms with van der Waals surface area (Å²) >= 11 is 0. The summed E-state index contributed by atoms with van der Waals surface area (Å²) < 4.78 is 18.5. The zero-order chi connectivity index (χ0) is 14.6. The lowest BCUT2D eigenvalue weighted by Gasteiger charge is -2.06. The van der Waals surface area contributed by atoms with Crippen LogP contribution in [0.25, 0.3) is 0 Å². The van der Waals surface area contributed by atoms with Crippen molar-refractivity contribution in [3.05, 3.63) is 24.0 Å². The van der Waals surface area contributed by atoms with Gasteiger partial charge in [0.25, 0.3) is 0 Å². The first-order valence-electron chi connectivity index (χ1n) is 7.85. The molecule has 3 heteroatoms. The average Bonchev–Trinajstić information content (AvgIpc) is 2.45. The summed E-state index contributed by atoms with van der Waals surface area (Å²) in [5.74, 6) is -0.477. The normalized spacial score (nSPS) is 10.7. The third kappa shape index (κ3) is 7.37. The van der Waals surface area contributed by atoms with Crippen molar-refractivity contribution in [1.29, 1.82) is 0 Å². The molecule has 0 spiro atoms. The van der Waals surface area contributed by atoms with Gasteiger partial charge in [-0.3, -0.25) is 0 Å². The van der Waals surface area contributed by atoms with Gasteiger partial charge in [-0.25, -0.2) is 4.39 Å². The summed E-state index contributed by atoms with van der Waals surface area (Å²) in [5, 5.41) is 9.06. The lowest BCUT2D eigenvalue weighted by molar-refractivity contribution is 0.301. The van der Waals surface area contributed by atoms with Crippen LogP contribution < -0.4 is 4.74 Å². The van der Waals surface area contributed by atoms with Crippen LogP contribution in [0.1, 0.15) is 64.7 Å². The summed E-state index contributed by atoms with van der Waals surface area (Å²) in [5.41, 5.74) is 0. The highest BCUT2D eigenvalue weighted by molar-refractivity contribution is 5.31. The molecule has 0 saturated carbocycles. The van der Waals surface area contributed by atoms with E-state index in [0.29, 0.717) is 12.4 Å². The van der Waals surface area contributed by atoms with E-state index in [4.69, 9.17) is 9.84 Å². The van der Waals surface area contributed by atoms with Crippen molar-refractivity contribution in [2.45, 2.75) is 64.7 Å². The first kappa shape index (κ1) is 16.8. The average molecular weight is 282 g/mol. The lowest BCUT2D eigenvalue weighted by atomic mass is 10.1. The Kier molecular flexibility index (Phi) is 8.84. The molecule has 114 valence electrons. The summed E-state index contributed by atoms with van der Waals surface area (Å²) in [6.07, 6.45) is 11.4. The second-order valence-electron chi connectivity index (χ2n) is 5.29. The van der Waals surface area contributed by atoms with Crippen LogP contribution in [0.3, 0.4) is 0 Å². The second-order valence-corrected chi connectivity index (χ2v) is 5.29. The van der Waals surface area contributed by atoms with Crippen LogP contribution >= 0.6 is 0 Å². The number of unbranched alkanes of at least 4 members (excludes halogenated alkanes) is 8. The highest BCUT2D eigenvalue weighted by atomic mass is 19.1. The molecule has 1 aromatic rings. The van der Waals surface area contributed by atoms with Gasteiger partial charge in [-0.2, -0.15) is 0 Å². The quantitative estimate of drug-likeness (QED) is 0.547. The molecule has 0 heterocycles. The third-order valence-electron chi connectivity index (χ3n) is 3.44. The number of halogens is 1. The molecule has 0 unspecified atom stereocenters. The van der Waals surface area contributed by atoms with Crippen LogP contribution in [-0.4, -0.2) is 11.7 Å². The number of hydrogen-bond acceptors (Lipinski definition) is 2. The van der Waals surface area contributed by atoms with Gasteiger partial charge in [-0.1, -0.05) is 58.3 Å². The van der Waals surface area contributed by atoms with Gasteiger partial charge in [0.05, 0.1) is 6.61 Å². The molecule has 20 heavy (non-hydrogen) atoms. The molecule has 0 aliphatic rings. The lowest BCUT2D eigenvalue weighted by Crippen LogP contribution is -1.97.